The van der Waals surface area contributed by atoms with E-state index < -0.39 is 10.0 Å². The second kappa shape index (κ2) is 7.78. The summed E-state index contributed by atoms with van der Waals surface area (Å²) in [6, 6.07) is 15.6. The average molecular weight is 427 g/mol. The van der Waals surface area contributed by atoms with Crippen molar-refractivity contribution in [3.63, 3.8) is 0 Å². The molecule has 0 fully saturated rings. The van der Waals surface area contributed by atoms with Crippen LogP contribution in [-0.2, 0) is 16.4 Å². The minimum absolute atomic E-state index is 0.0717. The van der Waals surface area contributed by atoms with Gasteiger partial charge in [-0.05, 0) is 54.4 Å². The molecule has 0 bridgehead atoms. The van der Waals surface area contributed by atoms with Crippen molar-refractivity contribution in [2.24, 2.45) is 5.14 Å². The topological polar surface area (TPSA) is 107 Å². The zero-order chi connectivity index (χ0) is 20.4. The molecule has 1 amide bonds. The molecule has 4 aromatic rings. The molecule has 0 aliphatic carbocycles. The monoisotopic (exact) mass is 426 g/mol. The first-order valence-electron chi connectivity index (χ1n) is 8.84. The molecule has 0 radical (unpaired) electrons. The highest BCUT2D eigenvalue weighted by Gasteiger charge is 2.11. The Labute approximate surface area is 171 Å². The Morgan fingerprint density at radius 3 is 2.52 bits per heavy atom. The summed E-state index contributed by atoms with van der Waals surface area (Å²) >= 11 is 1.52. The molecule has 7 nitrogen and oxygen atoms in total. The predicted molar refractivity (Wildman–Crippen MR) is 113 cm³/mol. The Kier molecular flexibility index (Phi) is 5.18. The number of rotatable bonds is 6. The number of nitrogens with one attached hydrogen (secondary N) is 1. The van der Waals surface area contributed by atoms with E-state index in [0.717, 1.165) is 20.9 Å². The van der Waals surface area contributed by atoms with Crippen LogP contribution in [0, 0.1) is 0 Å². The zero-order valence-electron chi connectivity index (χ0n) is 15.3. The van der Waals surface area contributed by atoms with E-state index in [2.05, 4.69) is 10.3 Å². The SMILES string of the molecule is NS(=O)(=O)c1ccc(CCNC(=O)c2ccc3nc(-n4cccc4)sc3c2)cc1. The zero-order valence-corrected chi connectivity index (χ0v) is 16.9. The lowest BCUT2D eigenvalue weighted by atomic mass is 10.1. The fraction of sp³-hybridized carbons (Fsp3) is 0.100. The van der Waals surface area contributed by atoms with Crippen molar-refractivity contribution in [2.45, 2.75) is 11.3 Å². The Bertz CT molecular complexity index is 1260. The molecular formula is C20H18N4O3S2. The molecule has 3 N–H and O–H groups in total. The molecule has 0 saturated carbocycles. The molecule has 2 heterocycles. The van der Waals surface area contributed by atoms with Gasteiger partial charge >= 0.3 is 0 Å². The van der Waals surface area contributed by atoms with Gasteiger partial charge in [0.15, 0.2) is 5.13 Å². The van der Waals surface area contributed by atoms with E-state index in [9.17, 15) is 13.2 Å². The van der Waals surface area contributed by atoms with E-state index in [4.69, 9.17) is 5.14 Å². The number of hydrogen-bond acceptors (Lipinski definition) is 5. The highest BCUT2D eigenvalue weighted by molar-refractivity contribution is 7.89. The Morgan fingerprint density at radius 2 is 1.83 bits per heavy atom. The van der Waals surface area contributed by atoms with Crippen LogP contribution < -0.4 is 10.5 Å². The lowest BCUT2D eigenvalue weighted by molar-refractivity contribution is 0.0954. The molecule has 9 heteroatoms. The minimum atomic E-state index is -3.70. The predicted octanol–water partition coefficient (Wildman–Crippen LogP) is 2.71. The quantitative estimate of drug-likeness (QED) is 0.494. The van der Waals surface area contributed by atoms with Crippen molar-refractivity contribution in [3.8, 4) is 5.13 Å². The lowest BCUT2D eigenvalue weighted by Gasteiger charge is -2.06. The van der Waals surface area contributed by atoms with Gasteiger partial charge in [-0.1, -0.05) is 23.5 Å². The van der Waals surface area contributed by atoms with Crippen LogP contribution in [0.1, 0.15) is 15.9 Å². The van der Waals surface area contributed by atoms with Gasteiger partial charge in [-0.2, -0.15) is 0 Å². The summed E-state index contributed by atoms with van der Waals surface area (Å²) in [6.45, 7) is 0.433. The number of primary sulfonamides is 1. The largest absolute Gasteiger partial charge is 0.352 e. The number of amides is 1. The van der Waals surface area contributed by atoms with Crippen molar-refractivity contribution in [1.82, 2.24) is 14.9 Å². The van der Waals surface area contributed by atoms with Gasteiger partial charge < -0.3 is 9.88 Å². The molecule has 0 atom stereocenters. The van der Waals surface area contributed by atoms with Gasteiger partial charge in [0, 0.05) is 24.5 Å². The maximum absolute atomic E-state index is 12.5. The van der Waals surface area contributed by atoms with Crippen molar-refractivity contribution in [1.29, 1.82) is 0 Å². The number of carbonyl (C=O) groups excluding carboxylic acids is 1. The standard InChI is InChI=1S/C20H18N4O3S2/c21-29(26,27)16-6-3-14(4-7-16)9-10-22-19(25)15-5-8-17-18(13-15)28-20(23-17)24-11-1-2-12-24/h1-8,11-13H,9-10H2,(H,22,25)(H2,21,26,27). The summed E-state index contributed by atoms with van der Waals surface area (Å²) in [7, 11) is -3.70. The first kappa shape index (κ1) is 19.3. The lowest BCUT2D eigenvalue weighted by Crippen LogP contribution is -2.25. The fourth-order valence-electron chi connectivity index (χ4n) is 2.89. The molecule has 0 saturated heterocycles. The average Bonchev–Trinajstić information content (AvgIpc) is 3.36. The normalized spacial score (nSPS) is 11.6. The van der Waals surface area contributed by atoms with Gasteiger partial charge in [0.1, 0.15) is 0 Å². The number of hydrogen-bond donors (Lipinski definition) is 2. The molecule has 2 aromatic heterocycles. The van der Waals surface area contributed by atoms with Gasteiger partial charge in [-0.15, -0.1) is 0 Å². The number of aromatic nitrogens is 2. The van der Waals surface area contributed by atoms with E-state index in [1.807, 2.05) is 41.2 Å². The smallest absolute Gasteiger partial charge is 0.251 e. The Morgan fingerprint density at radius 1 is 1.10 bits per heavy atom. The first-order chi connectivity index (χ1) is 13.9. The van der Waals surface area contributed by atoms with E-state index >= 15 is 0 Å². The van der Waals surface area contributed by atoms with E-state index in [0.29, 0.717) is 18.5 Å². The van der Waals surface area contributed by atoms with Crippen LogP contribution in [0.5, 0.6) is 0 Å². The summed E-state index contributed by atoms with van der Waals surface area (Å²) in [6.07, 6.45) is 4.44. The van der Waals surface area contributed by atoms with Crippen LogP contribution in [0.4, 0.5) is 0 Å². The second-order valence-corrected chi connectivity index (χ2v) is 9.03. The maximum atomic E-state index is 12.5. The van der Waals surface area contributed by atoms with Crippen molar-refractivity contribution in [2.75, 3.05) is 6.54 Å². The molecular weight excluding hydrogens is 408 g/mol. The number of thiazole rings is 1. The van der Waals surface area contributed by atoms with Crippen LogP contribution in [0.2, 0.25) is 0 Å². The van der Waals surface area contributed by atoms with Crippen LogP contribution in [0.25, 0.3) is 15.3 Å². The van der Waals surface area contributed by atoms with Gasteiger partial charge in [-0.3, -0.25) is 4.79 Å². The number of carbonyl (C=O) groups is 1. The van der Waals surface area contributed by atoms with E-state index in [1.165, 1.54) is 23.5 Å². The molecule has 29 heavy (non-hydrogen) atoms. The van der Waals surface area contributed by atoms with Crippen molar-refractivity contribution in [3.05, 3.63) is 78.1 Å². The number of nitrogens with zero attached hydrogens (tertiary/aromatic N) is 2. The number of sulfonamides is 1. The van der Waals surface area contributed by atoms with E-state index in [1.54, 1.807) is 18.2 Å². The van der Waals surface area contributed by atoms with Gasteiger partial charge in [-0.25, -0.2) is 18.5 Å². The Balaban J connectivity index is 1.40. The summed E-state index contributed by atoms with van der Waals surface area (Å²) in [5.41, 5.74) is 2.34. The number of nitrogens with two attached hydrogens (primary N) is 1. The van der Waals surface area contributed by atoms with Crippen LogP contribution in [-0.4, -0.2) is 30.4 Å². The van der Waals surface area contributed by atoms with Gasteiger partial charge in [0.2, 0.25) is 10.0 Å². The summed E-state index contributed by atoms with van der Waals surface area (Å²) in [5, 5.41) is 8.83. The highest BCUT2D eigenvalue weighted by Crippen LogP contribution is 2.26. The highest BCUT2D eigenvalue weighted by atomic mass is 32.2. The van der Waals surface area contributed by atoms with Crippen LogP contribution in [0.3, 0.4) is 0 Å². The van der Waals surface area contributed by atoms with Crippen molar-refractivity contribution < 1.29 is 13.2 Å². The number of fused-ring (bicyclic) bond motifs is 1. The molecule has 4 rings (SSSR count). The molecule has 0 spiro atoms. The van der Waals surface area contributed by atoms with Gasteiger partial charge in [0.05, 0.1) is 15.1 Å². The summed E-state index contributed by atoms with van der Waals surface area (Å²) in [4.78, 5) is 17.1. The third-order valence-electron chi connectivity index (χ3n) is 4.42. The summed E-state index contributed by atoms with van der Waals surface area (Å²) in [5.74, 6) is -0.163. The molecule has 0 unspecified atom stereocenters. The third-order valence-corrected chi connectivity index (χ3v) is 6.38. The molecule has 148 valence electrons. The first-order valence-corrected chi connectivity index (χ1v) is 11.2. The molecule has 2 aromatic carbocycles. The fourth-order valence-corrected chi connectivity index (χ4v) is 4.38. The maximum Gasteiger partial charge on any atom is 0.251 e. The molecule has 0 aliphatic heterocycles. The minimum Gasteiger partial charge on any atom is -0.352 e. The third kappa shape index (κ3) is 4.37. The summed E-state index contributed by atoms with van der Waals surface area (Å²) < 4.78 is 25.4. The second-order valence-electron chi connectivity index (χ2n) is 6.46. The van der Waals surface area contributed by atoms with Crippen LogP contribution >= 0.6 is 11.3 Å². The van der Waals surface area contributed by atoms with Crippen LogP contribution in [0.15, 0.2) is 71.9 Å². The molecule has 0 aliphatic rings. The van der Waals surface area contributed by atoms with E-state index in [-0.39, 0.29) is 10.8 Å². The number of benzene rings is 2. The van der Waals surface area contributed by atoms with Gasteiger partial charge in [0.25, 0.3) is 5.91 Å². The Hall–Kier alpha value is -3.01. The van der Waals surface area contributed by atoms with Crippen molar-refractivity contribution >= 4 is 37.5 Å².